The van der Waals surface area contributed by atoms with E-state index in [-0.39, 0.29) is 64.9 Å². The number of benzene rings is 2. The number of carbonyl (C=O) groups excluding carboxylic acids is 1. The molecule has 45 heavy (non-hydrogen) atoms. The molecule has 0 aliphatic carbocycles. The predicted molar refractivity (Wildman–Crippen MR) is 156 cm³/mol. The third kappa shape index (κ3) is 7.55. The van der Waals surface area contributed by atoms with Gasteiger partial charge >= 0.3 is 12.4 Å². The summed E-state index contributed by atoms with van der Waals surface area (Å²) in [5, 5.41) is -0.155. The van der Waals surface area contributed by atoms with Crippen molar-refractivity contribution in [2.24, 2.45) is 0 Å². The van der Waals surface area contributed by atoms with Gasteiger partial charge in [0.2, 0.25) is 5.88 Å². The number of hydrogen-bond donors (Lipinski definition) is 0. The van der Waals surface area contributed by atoms with Crippen LogP contribution in [0.1, 0.15) is 55.9 Å². The first-order valence-electron chi connectivity index (χ1n) is 13.5. The summed E-state index contributed by atoms with van der Waals surface area (Å²) >= 11 is 6.15. The largest absolute Gasteiger partial charge is 0.486 e. The number of nitrogens with zero attached hydrogens (tertiary/aromatic N) is 2. The second-order valence-electron chi connectivity index (χ2n) is 10.2. The molecule has 1 aliphatic rings. The number of aromatic nitrogens is 1. The molecule has 242 valence electrons. The Kier molecular flexibility index (Phi) is 9.78. The number of halogens is 7. The van der Waals surface area contributed by atoms with Gasteiger partial charge in [0, 0.05) is 23.2 Å². The monoisotopic (exact) mass is 676 g/mol. The second-order valence-corrected chi connectivity index (χ2v) is 12.4. The number of pyridine rings is 1. The van der Waals surface area contributed by atoms with Gasteiger partial charge in [0.05, 0.1) is 30.0 Å². The van der Waals surface area contributed by atoms with E-state index in [1.165, 1.54) is 57.2 Å². The maximum Gasteiger partial charge on any atom is 0.417 e. The molecule has 0 spiro atoms. The highest BCUT2D eigenvalue weighted by Crippen LogP contribution is 2.43. The highest BCUT2D eigenvalue weighted by molar-refractivity contribution is 7.93. The van der Waals surface area contributed by atoms with Crippen LogP contribution in [-0.4, -0.2) is 38.4 Å². The molecule has 0 N–H and O–H groups in total. The normalized spacial score (nSPS) is 15.8. The highest BCUT2D eigenvalue weighted by Gasteiger charge is 2.40. The Labute approximate surface area is 260 Å². The Hall–Kier alpha value is -3.78. The van der Waals surface area contributed by atoms with E-state index in [4.69, 9.17) is 21.1 Å². The Morgan fingerprint density at radius 3 is 2.44 bits per heavy atom. The van der Waals surface area contributed by atoms with Gasteiger partial charge in [0.15, 0.2) is 4.90 Å². The maximum absolute atomic E-state index is 14.1. The lowest BCUT2D eigenvalue weighted by atomic mass is 9.98. The number of rotatable bonds is 9. The Morgan fingerprint density at radius 2 is 1.82 bits per heavy atom. The lowest BCUT2D eigenvalue weighted by molar-refractivity contribution is -0.138. The summed E-state index contributed by atoms with van der Waals surface area (Å²) < 4.78 is 122. The van der Waals surface area contributed by atoms with Crippen LogP contribution in [0.2, 0.25) is 5.02 Å². The van der Waals surface area contributed by atoms with Crippen LogP contribution in [0.5, 0.6) is 11.6 Å². The van der Waals surface area contributed by atoms with Gasteiger partial charge in [-0.25, -0.2) is 13.4 Å². The van der Waals surface area contributed by atoms with E-state index in [2.05, 4.69) is 4.98 Å². The van der Waals surface area contributed by atoms with Gasteiger partial charge in [0.25, 0.3) is 10.0 Å². The molecule has 1 aromatic heterocycles. The average molecular weight is 677 g/mol. The number of carbonyl (C=O) groups is 1. The predicted octanol–water partition coefficient (Wildman–Crippen LogP) is 8.06. The van der Waals surface area contributed by atoms with Crippen molar-refractivity contribution in [3.63, 3.8) is 0 Å². The average Bonchev–Trinajstić information content (AvgIpc) is 2.94. The summed E-state index contributed by atoms with van der Waals surface area (Å²) in [5.41, 5.74) is -2.30. The zero-order chi connectivity index (χ0) is 33.3. The summed E-state index contributed by atoms with van der Waals surface area (Å²) in [7, 11) is -4.82. The van der Waals surface area contributed by atoms with Crippen LogP contribution >= 0.6 is 11.6 Å². The first kappa shape index (κ1) is 34.1. The lowest BCUT2D eigenvalue weighted by Crippen LogP contribution is -2.44. The van der Waals surface area contributed by atoms with Gasteiger partial charge in [-0.15, -0.1) is 0 Å². The van der Waals surface area contributed by atoms with Gasteiger partial charge in [-0.3, -0.25) is 4.31 Å². The van der Waals surface area contributed by atoms with Crippen LogP contribution in [0, 0.1) is 0 Å². The molecule has 2 aromatic carbocycles. The van der Waals surface area contributed by atoms with Gasteiger partial charge in [-0.05, 0) is 68.7 Å². The second kappa shape index (κ2) is 12.9. The minimum absolute atomic E-state index is 0.0276. The number of hydrogen-bond acceptors (Lipinski definition) is 6. The minimum Gasteiger partial charge on any atom is -0.486 e. The number of ketones is 1. The zero-order valence-electron chi connectivity index (χ0n) is 24.1. The first-order valence-corrected chi connectivity index (χ1v) is 15.3. The summed E-state index contributed by atoms with van der Waals surface area (Å²) in [4.78, 5) is 14.4. The molecule has 4 rings (SSSR count). The highest BCUT2D eigenvalue weighted by atomic mass is 35.5. The van der Waals surface area contributed by atoms with Crippen molar-refractivity contribution in [1.82, 2.24) is 4.98 Å². The SMILES string of the molecule is CCOc1ncc(C(F)(F)F)cc1S(=O)(=O)N1CC(CCC(C)=O)Oc2ccc(C=C(C)c3c(Cl)cccc3C(F)(F)F)cc21. The van der Waals surface area contributed by atoms with E-state index >= 15 is 0 Å². The van der Waals surface area contributed by atoms with E-state index in [0.717, 1.165) is 10.4 Å². The molecule has 0 radical (unpaired) electrons. The molecular formula is C30H27ClF6N2O5S. The molecule has 0 saturated heterocycles. The molecule has 0 amide bonds. The molecule has 0 saturated carbocycles. The maximum atomic E-state index is 14.1. The summed E-state index contributed by atoms with van der Waals surface area (Å²) in [6.07, 6.45) is -8.51. The molecular weight excluding hydrogens is 650 g/mol. The molecule has 15 heteroatoms. The van der Waals surface area contributed by atoms with Crippen LogP contribution in [0.15, 0.2) is 53.6 Å². The van der Waals surface area contributed by atoms with Crippen LogP contribution in [0.3, 0.4) is 0 Å². The number of fused-ring (bicyclic) bond motifs is 1. The molecule has 7 nitrogen and oxygen atoms in total. The molecule has 1 aliphatic heterocycles. The standard InChI is InChI=1S/C30H27ClF6N2O5S/c1-4-43-28-26(14-20(15-38-28)29(32,33)34)45(41,42)39-16-21(10-8-18(3)40)44-25-11-9-19(13-24(25)39)12-17(2)27-22(30(35,36)37)6-5-7-23(27)31/h5-7,9,11-15,21H,4,8,10,16H2,1-3H3. The van der Waals surface area contributed by atoms with Crippen LogP contribution in [-0.2, 0) is 27.2 Å². The van der Waals surface area contributed by atoms with Crippen LogP contribution < -0.4 is 13.8 Å². The first-order chi connectivity index (χ1) is 20.9. The molecule has 1 atom stereocenters. The Morgan fingerprint density at radius 1 is 1.11 bits per heavy atom. The van der Waals surface area contributed by atoms with Crippen LogP contribution in [0.4, 0.5) is 32.0 Å². The van der Waals surface area contributed by atoms with E-state index < -0.39 is 50.4 Å². The van der Waals surface area contributed by atoms with Gasteiger partial charge in [0.1, 0.15) is 17.6 Å². The fraction of sp³-hybridized carbons (Fsp3) is 0.333. The van der Waals surface area contributed by atoms with Gasteiger partial charge < -0.3 is 14.3 Å². The molecule has 1 unspecified atom stereocenters. The van der Waals surface area contributed by atoms with E-state index in [0.29, 0.717) is 12.3 Å². The van der Waals surface area contributed by atoms with Crippen molar-refractivity contribution in [2.45, 2.75) is 57.0 Å². The van der Waals surface area contributed by atoms with Gasteiger partial charge in [-0.2, -0.15) is 26.3 Å². The number of allylic oxidation sites excluding steroid dienone is 1. The number of sulfonamides is 1. The van der Waals surface area contributed by atoms with Crippen molar-refractivity contribution in [1.29, 1.82) is 0 Å². The minimum atomic E-state index is -4.92. The summed E-state index contributed by atoms with van der Waals surface area (Å²) in [6.45, 7) is 3.76. The van der Waals surface area contributed by atoms with Crippen molar-refractivity contribution in [2.75, 3.05) is 17.5 Å². The quantitative estimate of drug-likeness (QED) is 0.168. The van der Waals surface area contributed by atoms with Gasteiger partial charge in [-0.1, -0.05) is 29.8 Å². The topological polar surface area (TPSA) is 85.8 Å². The van der Waals surface area contributed by atoms with E-state index in [1.807, 2.05) is 0 Å². The van der Waals surface area contributed by atoms with E-state index in [9.17, 15) is 39.6 Å². The molecule has 3 aromatic rings. The fourth-order valence-electron chi connectivity index (χ4n) is 4.78. The smallest absolute Gasteiger partial charge is 0.417 e. The van der Waals surface area contributed by atoms with Crippen LogP contribution in [0.25, 0.3) is 11.6 Å². The third-order valence-corrected chi connectivity index (χ3v) is 8.91. The number of Topliss-reactive ketones (excluding diaryl/α,β-unsaturated/α-hetero) is 1. The number of ether oxygens (including phenoxy) is 2. The Balaban J connectivity index is 1.88. The molecule has 0 bridgehead atoms. The lowest BCUT2D eigenvalue weighted by Gasteiger charge is -2.36. The summed E-state index contributed by atoms with van der Waals surface area (Å²) in [6, 6.07) is 7.97. The van der Waals surface area contributed by atoms with E-state index in [1.54, 1.807) is 0 Å². The zero-order valence-corrected chi connectivity index (χ0v) is 25.7. The fourth-order valence-corrected chi connectivity index (χ4v) is 6.71. The number of anilines is 1. The summed E-state index contributed by atoms with van der Waals surface area (Å²) in [5.74, 6) is -0.711. The third-order valence-electron chi connectivity index (χ3n) is 6.82. The number of alkyl halides is 6. The molecule has 2 heterocycles. The van der Waals surface area contributed by atoms with Crippen molar-refractivity contribution >= 4 is 44.7 Å². The van der Waals surface area contributed by atoms with Crippen molar-refractivity contribution in [3.05, 3.63) is 75.9 Å². The van der Waals surface area contributed by atoms with Crippen molar-refractivity contribution < 1.29 is 49.0 Å². The molecule has 0 fully saturated rings. The van der Waals surface area contributed by atoms with Crippen molar-refractivity contribution in [3.8, 4) is 11.6 Å². The Bertz CT molecular complexity index is 1740.